The van der Waals surface area contributed by atoms with Gasteiger partial charge in [-0.25, -0.2) is 9.97 Å². The van der Waals surface area contributed by atoms with Gasteiger partial charge in [-0.2, -0.15) is 5.10 Å². The monoisotopic (exact) mass is 365 g/mol. The molecule has 142 valence electrons. The molecule has 0 spiro atoms. The molecule has 1 aliphatic rings. The molecule has 3 aromatic rings. The number of hydrogen-bond acceptors (Lipinski definition) is 5. The van der Waals surface area contributed by atoms with Crippen molar-refractivity contribution in [3.05, 3.63) is 48.4 Å². The first-order chi connectivity index (χ1) is 13.3. The van der Waals surface area contributed by atoms with Crippen LogP contribution in [0, 0.1) is 5.92 Å². The zero-order chi connectivity index (χ0) is 18.5. The van der Waals surface area contributed by atoms with Gasteiger partial charge in [0, 0.05) is 6.04 Å². The predicted octanol–water partition coefficient (Wildman–Crippen LogP) is 3.71. The maximum atomic E-state index is 10.4. The highest BCUT2D eigenvalue weighted by molar-refractivity contribution is 5.85. The van der Waals surface area contributed by atoms with E-state index in [-0.39, 0.29) is 6.10 Å². The van der Waals surface area contributed by atoms with Crippen LogP contribution in [0.4, 0.5) is 5.82 Å². The molecule has 6 heteroatoms. The molecular weight excluding hydrogens is 338 g/mol. The molecule has 6 nitrogen and oxygen atoms in total. The fourth-order valence-corrected chi connectivity index (χ4v) is 4.10. The minimum Gasteiger partial charge on any atom is -0.393 e. The van der Waals surface area contributed by atoms with Crippen molar-refractivity contribution in [3.63, 3.8) is 0 Å². The normalized spacial score (nSPS) is 21.2. The summed E-state index contributed by atoms with van der Waals surface area (Å²) in [5.74, 6) is 1.48. The molecule has 0 radical (unpaired) electrons. The largest absolute Gasteiger partial charge is 0.393 e. The number of aryl methyl sites for hydroxylation is 1. The van der Waals surface area contributed by atoms with Gasteiger partial charge in [-0.05, 0) is 56.4 Å². The van der Waals surface area contributed by atoms with Crippen LogP contribution in [0.1, 0.15) is 44.1 Å². The summed E-state index contributed by atoms with van der Waals surface area (Å²) in [5.41, 5.74) is 2.07. The SMILES string of the molecule is OC(CCc1ccccc1)CC1CCC(Nc2ncnc3[nH]ncc23)CC1. The summed E-state index contributed by atoms with van der Waals surface area (Å²) in [7, 11) is 0. The van der Waals surface area contributed by atoms with E-state index in [0.29, 0.717) is 12.0 Å². The summed E-state index contributed by atoms with van der Waals surface area (Å²) in [5, 5.41) is 21.8. The Bertz CT molecular complexity index is 842. The summed E-state index contributed by atoms with van der Waals surface area (Å²) < 4.78 is 0. The molecule has 1 saturated carbocycles. The Morgan fingerprint density at radius 3 is 2.74 bits per heavy atom. The molecular formula is C21H27N5O. The molecule has 0 bridgehead atoms. The Morgan fingerprint density at radius 1 is 1.11 bits per heavy atom. The molecule has 4 rings (SSSR count). The van der Waals surface area contributed by atoms with E-state index < -0.39 is 0 Å². The molecule has 1 aliphatic carbocycles. The van der Waals surface area contributed by atoms with Crippen molar-refractivity contribution in [2.24, 2.45) is 5.92 Å². The second-order valence-corrected chi connectivity index (χ2v) is 7.63. The zero-order valence-corrected chi connectivity index (χ0v) is 15.5. The molecule has 0 amide bonds. The minimum atomic E-state index is -0.202. The fourth-order valence-electron chi connectivity index (χ4n) is 4.10. The lowest BCUT2D eigenvalue weighted by Crippen LogP contribution is -2.28. The third kappa shape index (κ3) is 4.63. The van der Waals surface area contributed by atoms with Crippen LogP contribution in [-0.4, -0.2) is 37.4 Å². The van der Waals surface area contributed by atoms with Gasteiger partial charge in [-0.15, -0.1) is 0 Å². The first-order valence-electron chi connectivity index (χ1n) is 9.90. The number of aromatic amines is 1. The van der Waals surface area contributed by atoms with Gasteiger partial charge >= 0.3 is 0 Å². The Labute approximate surface area is 159 Å². The van der Waals surface area contributed by atoms with Gasteiger partial charge < -0.3 is 10.4 Å². The number of hydrogen-bond donors (Lipinski definition) is 3. The maximum absolute atomic E-state index is 10.4. The van der Waals surface area contributed by atoms with Crippen LogP contribution in [-0.2, 0) is 6.42 Å². The van der Waals surface area contributed by atoms with Gasteiger partial charge in [-0.1, -0.05) is 30.3 Å². The number of aliphatic hydroxyl groups is 1. The van der Waals surface area contributed by atoms with Crippen molar-refractivity contribution in [3.8, 4) is 0 Å². The van der Waals surface area contributed by atoms with Gasteiger partial charge in [0.1, 0.15) is 12.1 Å². The van der Waals surface area contributed by atoms with E-state index in [1.54, 1.807) is 12.5 Å². The molecule has 27 heavy (non-hydrogen) atoms. The van der Waals surface area contributed by atoms with E-state index in [4.69, 9.17) is 0 Å². The second kappa shape index (κ2) is 8.48. The Morgan fingerprint density at radius 2 is 1.93 bits per heavy atom. The van der Waals surface area contributed by atoms with E-state index in [1.807, 2.05) is 6.07 Å². The van der Waals surface area contributed by atoms with Crippen LogP contribution in [0.25, 0.3) is 11.0 Å². The zero-order valence-electron chi connectivity index (χ0n) is 15.5. The summed E-state index contributed by atoms with van der Waals surface area (Å²) in [6.07, 6.45) is 10.4. The van der Waals surface area contributed by atoms with Crippen LogP contribution in [0.3, 0.4) is 0 Å². The number of fused-ring (bicyclic) bond motifs is 1. The highest BCUT2D eigenvalue weighted by Gasteiger charge is 2.24. The highest BCUT2D eigenvalue weighted by Crippen LogP contribution is 2.31. The van der Waals surface area contributed by atoms with Crippen molar-refractivity contribution in [1.82, 2.24) is 20.2 Å². The topological polar surface area (TPSA) is 86.7 Å². The quantitative estimate of drug-likeness (QED) is 0.594. The minimum absolute atomic E-state index is 0.202. The molecule has 1 unspecified atom stereocenters. The average Bonchev–Trinajstić information content (AvgIpc) is 3.19. The van der Waals surface area contributed by atoms with Crippen molar-refractivity contribution >= 4 is 16.9 Å². The molecule has 1 fully saturated rings. The van der Waals surface area contributed by atoms with E-state index in [2.05, 4.69) is 49.7 Å². The molecule has 0 aliphatic heterocycles. The summed E-state index contributed by atoms with van der Waals surface area (Å²) in [6.45, 7) is 0. The summed E-state index contributed by atoms with van der Waals surface area (Å²) in [4.78, 5) is 8.55. The third-order valence-electron chi connectivity index (χ3n) is 5.65. The number of aromatic nitrogens is 4. The third-order valence-corrected chi connectivity index (χ3v) is 5.65. The number of aliphatic hydroxyl groups excluding tert-OH is 1. The van der Waals surface area contributed by atoms with Crippen LogP contribution < -0.4 is 5.32 Å². The van der Waals surface area contributed by atoms with Crippen molar-refractivity contribution in [1.29, 1.82) is 0 Å². The van der Waals surface area contributed by atoms with Gasteiger partial charge in [-0.3, -0.25) is 5.10 Å². The molecule has 1 atom stereocenters. The number of H-pyrrole nitrogens is 1. The Balaban J connectivity index is 1.22. The number of rotatable bonds is 7. The first-order valence-corrected chi connectivity index (χ1v) is 9.90. The van der Waals surface area contributed by atoms with Gasteiger partial charge in [0.15, 0.2) is 5.65 Å². The molecule has 2 aromatic heterocycles. The van der Waals surface area contributed by atoms with E-state index in [1.165, 1.54) is 5.56 Å². The van der Waals surface area contributed by atoms with Crippen LogP contribution in [0.2, 0.25) is 0 Å². The van der Waals surface area contributed by atoms with E-state index in [9.17, 15) is 5.11 Å². The van der Waals surface area contributed by atoms with Gasteiger partial charge in [0.25, 0.3) is 0 Å². The number of benzene rings is 1. The van der Waals surface area contributed by atoms with E-state index in [0.717, 1.165) is 61.8 Å². The average molecular weight is 365 g/mol. The summed E-state index contributed by atoms with van der Waals surface area (Å²) >= 11 is 0. The number of nitrogens with zero attached hydrogens (tertiary/aromatic N) is 3. The molecule has 3 N–H and O–H groups in total. The Kier molecular flexibility index (Phi) is 5.63. The molecule has 1 aromatic carbocycles. The maximum Gasteiger partial charge on any atom is 0.160 e. The lowest BCUT2D eigenvalue weighted by atomic mass is 9.82. The standard InChI is InChI=1S/C21H27N5O/c27-18(11-8-15-4-2-1-3-5-15)12-16-6-9-17(10-7-16)25-20-19-13-24-26-21(19)23-14-22-20/h1-5,13-14,16-18,27H,6-12H2,(H2,22,23,24,25,26). The highest BCUT2D eigenvalue weighted by atomic mass is 16.3. The van der Waals surface area contributed by atoms with Crippen LogP contribution in [0.5, 0.6) is 0 Å². The van der Waals surface area contributed by atoms with Gasteiger partial charge in [0.2, 0.25) is 0 Å². The second-order valence-electron chi connectivity index (χ2n) is 7.63. The fraction of sp³-hybridized carbons (Fsp3) is 0.476. The smallest absolute Gasteiger partial charge is 0.160 e. The number of anilines is 1. The van der Waals surface area contributed by atoms with Crippen molar-refractivity contribution in [2.75, 3.05) is 5.32 Å². The number of nitrogens with one attached hydrogen (secondary N) is 2. The van der Waals surface area contributed by atoms with E-state index >= 15 is 0 Å². The van der Waals surface area contributed by atoms with Crippen molar-refractivity contribution < 1.29 is 5.11 Å². The molecule has 2 heterocycles. The first kappa shape index (κ1) is 17.9. The predicted molar refractivity (Wildman–Crippen MR) is 106 cm³/mol. The summed E-state index contributed by atoms with van der Waals surface area (Å²) in [6, 6.07) is 10.8. The van der Waals surface area contributed by atoms with Crippen molar-refractivity contribution in [2.45, 2.75) is 57.1 Å². The Hall–Kier alpha value is -2.47. The van der Waals surface area contributed by atoms with Crippen LogP contribution >= 0.6 is 0 Å². The van der Waals surface area contributed by atoms with Crippen LogP contribution in [0.15, 0.2) is 42.9 Å². The van der Waals surface area contributed by atoms with Gasteiger partial charge in [0.05, 0.1) is 17.7 Å². The lowest BCUT2D eigenvalue weighted by Gasteiger charge is -2.30. The lowest BCUT2D eigenvalue weighted by molar-refractivity contribution is 0.121. The molecule has 0 saturated heterocycles.